The van der Waals surface area contributed by atoms with Crippen LogP contribution < -0.4 is 0 Å². The summed E-state index contributed by atoms with van der Waals surface area (Å²) in [5.41, 5.74) is 2.47. The summed E-state index contributed by atoms with van der Waals surface area (Å²) in [5.74, 6) is 0. The van der Waals surface area contributed by atoms with Gasteiger partial charge in [-0.2, -0.15) is 0 Å². The van der Waals surface area contributed by atoms with Gasteiger partial charge in [-0.25, -0.2) is 0 Å². The fraction of sp³-hybridized carbons (Fsp3) is 0. The maximum absolute atomic E-state index is 10.8. The molecule has 0 aliphatic rings. The lowest BCUT2D eigenvalue weighted by molar-refractivity contribution is 0.112. The molecular formula is C17H10Cl2O. The molecule has 0 saturated heterocycles. The smallest absolute Gasteiger partial charge is 0.150 e. The van der Waals surface area contributed by atoms with Crippen LogP contribution in [0.2, 0.25) is 10.0 Å². The van der Waals surface area contributed by atoms with Gasteiger partial charge in [0.2, 0.25) is 0 Å². The zero-order valence-corrected chi connectivity index (χ0v) is 11.9. The van der Waals surface area contributed by atoms with Crippen molar-refractivity contribution >= 4 is 40.3 Å². The fourth-order valence-corrected chi connectivity index (χ4v) is 2.84. The Bertz CT molecular complexity index is 809. The van der Waals surface area contributed by atoms with Gasteiger partial charge in [-0.1, -0.05) is 65.7 Å². The van der Waals surface area contributed by atoms with Crippen molar-refractivity contribution in [1.29, 1.82) is 0 Å². The summed E-state index contributed by atoms with van der Waals surface area (Å²) < 4.78 is 0. The van der Waals surface area contributed by atoms with Crippen molar-refractivity contribution in [2.45, 2.75) is 0 Å². The second-order valence-electron chi connectivity index (χ2n) is 4.50. The van der Waals surface area contributed by atoms with E-state index >= 15 is 0 Å². The normalized spacial score (nSPS) is 10.7. The number of hydrogen-bond acceptors (Lipinski definition) is 1. The Labute approximate surface area is 126 Å². The molecule has 0 atom stereocenters. The molecule has 0 unspecified atom stereocenters. The van der Waals surface area contributed by atoms with Gasteiger partial charge < -0.3 is 0 Å². The number of benzene rings is 3. The second-order valence-corrected chi connectivity index (χ2v) is 5.31. The van der Waals surface area contributed by atoms with Crippen molar-refractivity contribution in [3.63, 3.8) is 0 Å². The van der Waals surface area contributed by atoms with Crippen LogP contribution in [-0.4, -0.2) is 6.29 Å². The molecule has 0 fully saturated rings. The highest BCUT2D eigenvalue weighted by molar-refractivity contribution is 6.37. The standard InChI is InChI=1S/C17H10Cl2O/c18-16-8-7-13(12-3-1-2-4-14(12)16)15-6-5-11(10-20)9-17(15)19/h1-10H. The van der Waals surface area contributed by atoms with Gasteiger partial charge in [0.1, 0.15) is 6.29 Å². The van der Waals surface area contributed by atoms with E-state index in [9.17, 15) is 4.79 Å². The maximum Gasteiger partial charge on any atom is 0.150 e. The van der Waals surface area contributed by atoms with Gasteiger partial charge in [-0.05, 0) is 23.1 Å². The molecule has 0 radical (unpaired) electrons. The Balaban J connectivity index is 2.30. The highest BCUT2D eigenvalue weighted by Crippen LogP contribution is 2.36. The minimum Gasteiger partial charge on any atom is -0.298 e. The Morgan fingerprint density at radius 3 is 2.15 bits per heavy atom. The number of fused-ring (bicyclic) bond motifs is 1. The second kappa shape index (κ2) is 5.28. The first-order valence-electron chi connectivity index (χ1n) is 6.13. The summed E-state index contributed by atoms with van der Waals surface area (Å²) in [6, 6.07) is 17.0. The predicted molar refractivity (Wildman–Crippen MR) is 84.8 cm³/mol. The van der Waals surface area contributed by atoms with Crippen molar-refractivity contribution in [2.24, 2.45) is 0 Å². The van der Waals surface area contributed by atoms with Crippen molar-refractivity contribution in [3.8, 4) is 11.1 Å². The molecule has 0 saturated carbocycles. The van der Waals surface area contributed by atoms with E-state index in [2.05, 4.69) is 0 Å². The zero-order chi connectivity index (χ0) is 14.1. The molecule has 0 N–H and O–H groups in total. The minimum atomic E-state index is 0.557. The summed E-state index contributed by atoms with van der Waals surface area (Å²) >= 11 is 12.5. The molecule has 3 aromatic carbocycles. The Kier molecular flexibility index (Phi) is 3.47. The van der Waals surface area contributed by atoms with Crippen LogP contribution in [0.1, 0.15) is 10.4 Å². The van der Waals surface area contributed by atoms with E-state index in [4.69, 9.17) is 23.2 Å². The average molecular weight is 301 g/mol. The van der Waals surface area contributed by atoms with Crippen LogP contribution in [0, 0.1) is 0 Å². The third kappa shape index (κ3) is 2.20. The van der Waals surface area contributed by atoms with Gasteiger partial charge in [-0.15, -0.1) is 0 Å². The highest BCUT2D eigenvalue weighted by atomic mass is 35.5. The van der Waals surface area contributed by atoms with Gasteiger partial charge >= 0.3 is 0 Å². The van der Waals surface area contributed by atoms with Crippen molar-refractivity contribution in [3.05, 3.63) is 70.2 Å². The number of halogens is 2. The van der Waals surface area contributed by atoms with E-state index in [-0.39, 0.29) is 0 Å². The molecule has 3 heteroatoms. The number of aldehydes is 1. The first kappa shape index (κ1) is 13.2. The zero-order valence-electron chi connectivity index (χ0n) is 10.4. The van der Waals surface area contributed by atoms with E-state index in [1.54, 1.807) is 12.1 Å². The molecule has 20 heavy (non-hydrogen) atoms. The van der Waals surface area contributed by atoms with E-state index in [1.165, 1.54) is 0 Å². The summed E-state index contributed by atoms with van der Waals surface area (Å²) in [7, 11) is 0. The third-order valence-electron chi connectivity index (χ3n) is 3.29. The monoisotopic (exact) mass is 300 g/mol. The molecule has 0 aromatic heterocycles. The average Bonchev–Trinajstić information content (AvgIpc) is 2.48. The van der Waals surface area contributed by atoms with Gasteiger partial charge in [-0.3, -0.25) is 4.79 Å². The van der Waals surface area contributed by atoms with E-state index in [0.29, 0.717) is 15.6 Å². The van der Waals surface area contributed by atoms with Crippen molar-refractivity contribution in [2.75, 3.05) is 0 Å². The molecule has 0 aliphatic carbocycles. The van der Waals surface area contributed by atoms with E-state index < -0.39 is 0 Å². The molecule has 3 aromatic rings. The van der Waals surface area contributed by atoms with Crippen LogP contribution in [0.4, 0.5) is 0 Å². The largest absolute Gasteiger partial charge is 0.298 e. The lowest BCUT2D eigenvalue weighted by Crippen LogP contribution is -1.86. The summed E-state index contributed by atoms with van der Waals surface area (Å²) in [6.07, 6.45) is 0.787. The molecule has 98 valence electrons. The van der Waals surface area contributed by atoms with Crippen LogP contribution in [0.15, 0.2) is 54.6 Å². The summed E-state index contributed by atoms with van der Waals surface area (Å²) in [6.45, 7) is 0. The molecule has 0 heterocycles. The quantitative estimate of drug-likeness (QED) is 0.561. The van der Waals surface area contributed by atoms with Crippen LogP contribution in [0.25, 0.3) is 21.9 Å². The van der Waals surface area contributed by atoms with Crippen LogP contribution in [-0.2, 0) is 0 Å². The molecule has 0 bridgehead atoms. The lowest BCUT2D eigenvalue weighted by atomic mass is 9.97. The van der Waals surface area contributed by atoms with Gasteiger partial charge in [0.05, 0.1) is 0 Å². The Morgan fingerprint density at radius 2 is 1.45 bits per heavy atom. The van der Waals surface area contributed by atoms with E-state index in [0.717, 1.165) is 28.2 Å². The number of rotatable bonds is 2. The Morgan fingerprint density at radius 1 is 0.750 bits per heavy atom. The predicted octanol–water partition coefficient (Wildman–Crippen LogP) is 5.63. The van der Waals surface area contributed by atoms with Crippen LogP contribution in [0.3, 0.4) is 0 Å². The number of hydrogen-bond donors (Lipinski definition) is 0. The molecule has 0 amide bonds. The Hall–Kier alpha value is -1.83. The SMILES string of the molecule is O=Cc1ccc(-c2ccc(Cl)c3ccccc23)c(Cl)c1. The van der Waals surface area contributed by atoms with Crippen LogP contribution in [0.5, 0.6) is 0 Å². The summed E-state index contributed by atoms with van der Waals surface area (Å²) in [5, 5.41) is 3.30. The molecular weight excluding hydrogens is 291 g/mol. The molecule has 3 rings (SSSR count). The lowest BCUT2D eigenvalue weighted by Gasteiger charge is -2.10. The highest BCUT2D eigenvalue weighted by Gasteiger charge is 2.10. The van der Waals surface area contributed by atoms with Gasteiger partial charge in [0.25, 0.3) is 0 Å². The van der Waals surface area contributed by atoms with Gasteiger partial charge in [0, 0.05) is 26.6 Å². The molecule has 0 aliphatic heterocycles. The maximum atomic E-state index is 10.8. The van der Waals surface area contributed by atoms with Gasteiger partial charge in [0.15, 0.2) is 0 Å². The third-order valence-corrected chi connectivity index (χ3v) is 3.93. The van der Waals surface area contributed by atoms with Crippen molar-refractivity contribution < 1.29 is 4.79 Å². The van der Waals surface area contributed by atoms with Crippen LogP contribution >= 0.6 is 23.2 Å². The van der Waals surface area contributed by atoms with Crippen molar-refractivity contribution in [1.82, 2.24) is 0 Å². The first-order valence-corrected chi connectivity index (χ1v) is 6.88. The number of carbonyl (C=O) groups excluding carboxylic acids is 1. The fourth-order valence-electron chi connectivity index (χ4n) is 2.32. The summed E-state index contributed by atoms with van der Waals surface area (Å²) in [4.78, 5) is 10.8. The molecule has 1 nitrogen and oxygen atoms in total. The first-order chi connectivity index (χ1) is 9.70. The number of carbonyl (C=O) groups is 1. The van der Waals surface area contributed by atoms with E-state index in [1.807, 2.05) is 42.5 Å². The minimum absolute atomic E-state index is 0.557. The molecule has 0 spiro atoms. The topological polar surface area (TPSA) is 17.1 Å².